The molecule has 0 saturated carbocycles. The summed E-state index contributed by atoms with van der Waals surface area (Å²) in [5.74, 6) is 1.29. The van der Waals surface area contributed by atoms with Gasteiger partial charge < -0.3 is 20.7 Å². The van der Waals surface area contributed by atoms with Crippen LogP contribution in [-0.4, -0.2) is 51.8 Å². The Hall–Kier alpha value is -0.870. The van der Waals surface area contributed by atoms with Gasteiger partial charge in [-0.15, -0.1) is 24.0 Å². The molecule has 1 amide bonds. The highest BCUT2D eigenvalue weighted by atomic mass is 127. The van der Waals surface area contributed by atoms with Crippen LogP contribution in [0.25, 0.3) is 0 Å². The van der Waals surface area contributed by atoms with Crippen molar-refractivity contribution in [2.45, 2.75) is 26.7 Å². The number of aliphatic imine (C=N–C) groups is 1. The molecule has 3 N–H and O–H groups in total. The molecule has 0 saturated heterocycles. The molecular weight excluding hydrogens is 523 g/mol. The van der Waals surface area contributed by atoms with Crippen molar-refractivity contribution in [2.75, 3.05) is 39.9 Å². The topological polar surface area (TPSA) is 74.8 Å². The van der Waals surface area contributed by atoms with Gasteiger partial charge in [0.2, 0.25) is 0 Å². The highest BCUT2D eigenvalue weighted by molar-refractivity contribution is 14.0. The number of hydrogen-bond acceptors (Lipinski definition) is 3. The third-order valence-electron chi connectivity index (χ3n) is 3.47. The summed E-state index contributed by atoms with van der Waals surface area (Å²) in [6.45, 7) is 8.02. The Kier molecular flexibility index (Phi) is 15.6. The zero-order valence-corrected chi connectivity index (χ0v) is 20.3. The van der Waals surface area contributed by atoms with Gasteiger partial charge in [-0.25, -0.2) is 0 Å². The van der Waals surface area contributed by atoms with Gasteiger partial charge >= 0.3 is 0 Å². The molecule has 0 bridgehead atoms. The number of rotatable bonds is 11. The lowest BCUT2D eigenvalue weighted by molar-refractivity contribution is 0.0953. The third-order valence-corrected chi connectivity index (χ3v) is 4.00. The number of ether oxygens (including phenoxy) is 1. The van der Waals surface area contributed by atoms with E-state index in [0.29, 0.717) is 18.0 Å². The first kappa shape index (κ1) is 26.1. The van der Waals surface area contributed by atoms with E-state index in [0.717, 1.165) is 49.6 Å². The van der Waals surface area contributed by atoms with E-state index in [9.17, 15) is 4.79 Å². The van der Waals surface area contributed by atoms with Crippen LogP contribution in [0.5, 0.6) is 0 Å². The van der Waals surface area contributed by atoms with Crippen LogP contribution in [0.15, 0.2) is 33.7 Å². The average molecular weight is 555 g/mol. The summed E-state index contributed by atoms with van der Waals surface area (Å²) in [5.41, 5.74) is 0.665. The molecule has 154 valence electrons. The molecule has 0 aliphatic heterocycles. The van der Waals surface area contributed by atoms with Crippen molar-refractivity contribution in [3.8, 4) is 0 Å². The summed E-state index contributed by atoms with van der Waals surface area (Å²) in [6, 6.07) is 7.32. The lowest BCUT2D eigenvalue weighted by Crippen LogP contribution is -2.39. The van der Waals surface area contributed by atoms with Crippen LogP contribution in [0.3, 0.4) is 0 Å². The van der Waals surface area contributed by atoms with E-state index in [1.807, 2.05) is 12.1 Å². The molecule has 27 heavy (non-hydrogen) atoms. The van der Waals surface area contributed by atoms with Crippen molar-refractivity contribution in [3.63, 3.8) is 0 Å². The van der Waals surface area contributed by atoms with Crippen LogP contribution >= 0.6 is 39.9 Å². The molecule has 0 spiro atoms. The minimum atomic E-state index is -0.0543. The van der Waals surface area contributed by atoms with Crippen LogP contribution in [0.4, 0.5) is 0 Å². The second kappa shape index (κ2) is 16.1. The summed E-state index contributed by atoms with van der Waals surface area (Å²) in [6.07, 6.45) is 1.76. The molecule has 0 heterocycles. The zero-order chi connectivity index (χ0) is 19.2. The molecule has 0 atom stereocenters. The molecule has 6 nitrogen and oxygen atoms in total. The average Bonchev–Trinajstić information content (AvgIpc) is 2.62. The highest BCUT2D eigenvalue weighted by Crippen LogP contribution is 2.10. The van der Waals surface area contributed by atoms with Gasteiger partial charge in [-0.05, 0) is 43.0 Å². The second-order valence-electron chi connectivity index (χ2n) is 6.36. The third kappa shape index (κ3) is 13.0. The van der Waals surface area contributed by atoms with Crippen molar-refractivity contribution >= 4 is 51.8 Å². The quantitative estimate of drug-likeness (QED) is 0.170. The SMILES string of the molecule is CN=C(NCCCNC(=O)c1ccc(Br)cc1)NCCCOCC(C)C.I. The Labute approximate surface area is 188 Å². The monoisotopic (exact) mass is 554 g/mol. The van der Waals surface area contributed by atoms with Gasteiger partial charge in [0.25, 0.3) is 5.91 Å². The van der Waals surface area contributed by atoms with E-state index in [-0.39, 0.29) is 29.9 Å². The first-order valence-electron chi connectivity index (χ1n) is 9.09. The second-order valence-corrected chi connectivity index (χ2v) is 7.28. The number of carbonyl (C=O) groups is 1. The number of hydrogen-bond donors (Lipinski definition) is 3. The fourth-order valence-corrected chi connectivity index (χ4v) is 2.39. The van der Waals surface area contributed by atoms with Gasteiger partial charge in [-0.2, -0.15) is 0 Å². The van der Waals surface area contributed by atoms with E-state index in [1.54, 1.807) is 19.2 Å². The van der Waals surface area contributed by atoms with Crippen LogP contribution in [-0.2, 0) is 4.74 Å². The summed E-state index contributed by atoms with van der Waals surface area (Å²) in [4.78, 5) is 16.2. The van der Waals surface area contributed by atoms with Gasteiger partial charge in [-0.3, -0.25) is 9.79 Å². The normalized spacial score (nSPS) is 11.1. The van der Waals surface area contributed by atoms with Crippen molar-refractivity contribution < 1.29 is 9.53 Å². The molecule has 8 heteroatoms. The van der Waals surface area contributed by atoms with Crippen molar-refractivity contribution in [1.29, 1.82) is 0 Å². The summed E-state index contributed by atoms with van der Waals surface area (Å²) in [7, 11) is 1.75. The van der Waals surface area contributed by atoms with Crippen molar-refractivity contribution in [3.05, 3.63) is 34.3 Å². The van der Waals surface area contributed by atoms with Gasteiger partial charge in [0, 0.05) is 49.9 Å². The number of carbonyl (C=O) groups excluding carboxylic acids is 1. The molecule has 0 aliphatic carbocycles. The lowest BCUT2D eigenvalue weighted by Gasteiger charge is -2.12. The number of benzene rings is 1. The first-order chi connectivity index (χ1) is 12.5. The highest BCUT2D eigenvalue weighted by Gasteiger charge is 2.04. The minimum absolute atomic E-state index is 0. The molecule has 0 unspecified atom stereocenters. The minimum Gasteiger partial charge on any atom is -0.381 e. The van der Waals surface area contributed by atoms with Crippen LogP contribution < -0.4 is 16.0 Å². The molecule has 0 fully saturated rings. The van der Waals surface area contributed by atoms with Crippen molar-refractivity contribution in [1.82, 2.24) is 16.0 Å². The lowest BCUT2D eigenvalue weighted by atomic mass is 10.2. The number of nitrogens with one attached hydrogen (secondary N) is 3. The Balaban J connectivity index is 0.00000676. The predicted octanol–water partition coefficient (Wildman–Crippen LogP) is 3.41. The maximum Gasteiger partial charge on any atom is 0.251 e. The molecule has 0 radical (unpaired) electrons. The number of guanidine groups is 1. The van der Waals surface area contributed by atoms with E-state index in [2.05, 4.69) is 50.7 Å². The van der Waals surface area contributed by atoms with Gasteiger partial charge in [0.15, 0.2) is 5.96 Å². The Morgan fingerprint density at radius 3 is 2.26 bits per heavy atom. The Morgan fingerprint density at radius 2 is 1.67 bits per heavy atom. The fraction of sp³-hybridized carbons (Fsp3) is 0.579. The van der Waals surface area contributed by atoms with Crippen LogP contribution in [0, 0.1) is 5.92 Å². The maximum absolute atomic E-state index is 12.0. The predicted molar refractivity (Wildman–Crippen MR) is 126 cm³/mol. The van der Waals surface area contributed by atoms with Crippen molar-refractivity contribution in [2.24, 2.45) is 10.9 Å². The van der Waals surface area contributed by atoms with E-state index < -0.39 is 0 Å². The molecule has 1 aromatic rings. The first-order valence-corrected chi connectivity index (χ1v) is 9.88. The largest absolute Gasteiger partial charge is 0.381 e. The van der Waals surface area contributed by atoms with Gasteiger partial charge in [-0.1, -0.05) is 29.8 Å². The Morgan fingerprint density at radius 1 is 1.07 bits per heavy atom. The molecule has 1 rings (SSSR count). The fourth-order valence-electron chi connectivity index (χ4n) is 2.12. The summed E-state index contributed by atoms with van der Waals surface area (Å²) < 4.78 is 6.51. The smallest absolute Gasteiger partial charge is 0.251 e. The van der Waals surface area contributed by atoms with E-state index in [4.69, 9.17) is 4.74 Å². The number of amides is 1. The number of nitrogens with zero attached hydrogens (tertiary/aromatic N) is 1. The van der Waals surface area contributed by atoms with E-state index >= 15 is 0 Å². The molecule has 0 aliphatic rings. The number of halogens is 2. The van der Waals surface area contributed by atoms with Crippen LogP contribution in [0.2, 0.25) is 0 Å². The van der Waals surface area contributed by atoms with Gasteiger partial charge in [0.1, 0.15) is 0 Å². The van der Waals surface area contributed by atoms with E-state index in [1.165, 1.54) is 0 Å². The maximum atomic E-state index is 12.0. The summed E-state index contributed by atoms with van der Waals surface area (Å²) in [5, 5.41) is 9.41. The Bertz CT molecular complexity index is 553. The standard InChI is InChI=1S/C19H31BrN4O2.HI/c1-15(2)14-26-13-5-12-24-19(21-3)23-11-4-10-22-18(25)16-6-8-17(20)9-7-16;/h6-9,15H,4-5,10-14H2,1-3H3,(H,22,25)(H2,21,23,24);1H. The molecular formula is C19H32BrIN4O2. The molecule has 1 aromatic carbocycles. The van der Waals surface area contributed by atoms with Crippen LogP contribution in [0.1, 0.15) is 37.0 Å². The summed E-state index contributed by atoms with van der Waals surface area (Å²) >= 11 is 3.36. The molecule has 0 aromatic heterocycles. The zero-order valence-electron chi connectivity index (χ0n) is 16.4. The van der Waals surface area contributed by atoms with Gasteiger partial charge in [0.05, 0.1) is 0 Å².